The molecule has 0 atom stereocenters. The second-order valence-electron chi connectivity index (χ2n) is 11.8. The van der Waals surface area contributed by atoms with Gasteiger partial charge in [-0.25, -0.2) is 18.7 Å². The van der Waals surface area contributed by atoms with Crippen LogP contribution in [0.25, 0.3) is 16.7 Å². The molecule has 3 aromatic heterocycles. The largest absolute Gasteiger partial charge is 0.353 e. The number of nitrogens with one attached hydrogen (secondary N) is 1. The molecule has 1 N–H and O–H groups in total. The SMILES string of the molecule is Fc1ccc(C(CCCN2CCC(Nc3nc4ccccc4n3Cc3cn4ccccc4n3)CC2)c2ccc(F)cc2)cc1. The number of hydrogen-bond acceptors (Lipinski definition) is 4. The molecule has 8 heteroatoms. The molecule has 44 heavy (non-hydrogen) atoms. The molecule has 4 heterocycles. The van der Waals surface area contributed by atoms with Crippen molar-refractivity contribution in [2.24, 2.45) is 0 Å². The summed E-state index contributed by atoms with van der Waals surface area (Å²) >= 11 is 0. The van der Waals surface area contributed by atoms with Gasteiger partial charge in [-0.05, 0) is 91.9 Å². The zero-order valence-electron chi connectivity index (χ0n) is 24.6. The topological polar surface area (TPSA) is 50.4 Å². The number of nitrogens with zero attached hydrogens (tertiary/aromatic N) is 5. The van der Waals surface area contributed by atoms with Crippen LogP contribution in [-0.4, -0.2) is 49.5 Å². The number of hydrogen-bond donors (Lipinski definition) is 1. The highest BCUT2D eigenvalue weighted by atomic mass is 19.1. The van der Waals surface area contributed by atoms with Gasteiger partial charge in [0.2, 0.25) is 5.95 Å². The number of aromatic nitrogens is 4. The Bertz CT molecular complexity index is 1760. The number of para-hydroxylation sites is 2. The van der Waals surface area contributed by atoms with Crippen molar-refractivity contribution in [3.8, 4) is 0 Å². The first-order chi connectivity index (χ1) is 21.6. The summed E-state index contributed by atoms with van der Waals surface area (Å²) < 4.78 is 31.5. The van der Waals surface area contributed by atoms with Crippen LogP contribution >= 0.6 is 0 Å². The number of benzene rings is 3. The van der Waals surface area contributed by atoms with E-state index in [9.17, 15) is 8.78 Å². The third-order valence-corrected chi connectivity index (χ3v) is 8.82. The minimum atomic E-state index is -0.242. The van der Waals surface area contributed by atoms with Gasteiger partial charge in [-0.2, -0.15) is 0 Å². The van der Waals surface area contributed by atoms with Gasteiger partial charge in [-0.3, -0.25) is 0 Å². The summed E-state index contributed by atoms with van der Waals surface area (Å²) in [6.07, 6.45) is 8.11. The molecule has 224 valence electrons. The molecule has 6 aromatic rings. The molecule has 0 unspecified atom stereocenters. The number of piperidine rings is 1. The summed E-state index contributed by atoms with van der Waals surface area (Å²) in [4.78, 5) is 12.3. The van der Waals surface area contributed by atoms with E-state index in [1.807, 2.05) is 54.7 Å². The van der Waals surface area contributed by atoms with Crippen LogP contribution in [0.15, 0.2) is 103 Å². The first kappa shape index (κ1) is 28.2. The second-order valence-corrected chi connectivity index (χ2v) is 11.8. The van der Waals surface area contributed by atoms with Gasteiger partial charge in [0, 0.05) is 37.4 Å². The highest BCUT2D eigenvalue weighted by molar-refractivity contribution is 5.78. The Morgan fingerprint density at radius 1 is 0.795 bits per heavy atom. The predicted molar refractivity (Wildman–Crippen MR) is 171 cm³/mol. The first-order valence-corrected chi connectivity index (χ1v) is 15.5. The maximum Gasteiger partial charge on any atom is 0.204 e. The van der Waals surface area contributed by atoms with Crippen molar-refractivity contribution in [3.63, 3.8) is 0 Å². The van der Waals surface area contributed by atoms with E-state index in [2.05, 4.69) is 43.6 Å². The van der Waals surface area contributed by atoms with Gasteiger partial charge in [0.05, 0.1) is 23.3 Å². The van der Waals surface area contributed by atoms with Crippen molar-refractivity contribution in [1.29, 1.82) is 0 Å². The van der Waals surface area contributed by atoms with E-state index in [0.717, 1.165) is 84.8 Å². The number of likely N-dealkylation sites (tertiary alicyclic amines) is 1. The van der Waals surface area contributed by atoms with E-state index in [4.69, 9.17) is 9.97 Å². The zero-order valence-corrected chi connectivity index (χ0v) is 24.6. The van der Waals surface area contributed by atoms with Crippen LogP contribution < -0.4 is 5.32 Å². The lowest BCUT2D eigenvalue weighted by Crippen LogP contribution is -2.40. The lowest BCUT2D eigenvalue weighted by atomic mass is 9.87. The number of rotatable bonds is 10. The maximum absolute atomic E-state index is 13.6. The standard InChI is InChI=1S/C36H36F2N6/c37-28-14-10-26(11-15-28)32(27-12-16-29(38)17-13-27)6-5-20-42-22-18-30(19-23-42)40-36-41-33-7-1-2-8-34(33)44(36)25-31-24-43-21-4-3-9-35(43)39-31/h1-4,7-17,21,24,30,32H,5-6,18-20,22-23,25H2,(H,40,41). The van der Waals surface area contributed by atoms with Crippen molar-refractivity contribution in [2.75, 3.05) is 25.0 Å². The maximum atomic E-state index is 13.6. The Morgan fingerprint density at radius 2 is 1.48 bits per heavy atom. The van der Waals surface area contributed by atoms with Crippen molar-refractivity contribution < 1.29 is 8.78 Å². The molecule has 0 bridgehead atoms. The summed E-state index contributed by atoms with van der Waals surface area (Å²) in [5.41, 5.74) is 6.14. The van der Waals surface area contributed by atoms with Gasteiger partial charge in [0.25, 0.3) is 0 Å². The molecule has 0 amide bonds. The molecule has 7 rings (SSSR count). The fourth-order valence-corrected chi connectivity index (χ4v) is 6.49. The third-order valence-electron chi connectivity index (χ3n) is 8.82. The molecule has 1 fully saturated rings. The number of imidazole rings is 2. The van der Waals surface area contributed by atoms with Crippen LogP contribution in [0.4, 0.5) is 14.7 Å². The van der Waals surface area contributed by atoms with Gasteiger partial charge >= 0.3 is 0 Å². The van der Waals surface area contributed by atoms with E-state index in [1.54, 1.807) is 0 Å². The smallest absolute Gasteiger partial charge is 0.204 e. The zero-order chi connectivity index (χ0) is 29.9. The molecule has 1 aliphatic heterocycles. The summed E-state index contributed by atoms with van der Waals surface area (Å²) in [6, 6.07) is 28.1. The molecule has 3 aromatic carbocycles. The number of fused-ring (bicyclic) bond motifs is 2. The van der Waals surface area contributed by atoms with Crippen molar-refractivity contribution in [2.45, 2.75) is 44.2 Å². The van der Waals surface area contributed by atoms with E-state index < -0.39 is 0 Å². The molecule has 0 radical (unpaired) electrons. The highest BCUT2D eigenvalue weighted by Gasteiger charge is 2.22. The fourth-order valence-electron chi connectivity index (χ4n) is 6.49. The minimum absolute atomic E-state index is 0.108. The van der Waals surface area contributed by atoms with Crippen LogP contribution in [0.3, 0.4) is 0 Å². The fraction of sp³-hybridized carbons (Fsp3) is 0.278. The van der Waals surface area contributed by atoms with Crippen LogP contribution in [0.1, 0.15) is 48.4 Å². The molecule has 1 aliphatic rings. The number of pyridine rings is 1. The first-order valence-electron chi connectivity index (χ1n) is 15.5. The average molecular weight is 591 g/mol. The lowest BCUT2D eigenvalue weighted by molar-refractivity contribution is 0.214. The quantitative estimate of drug-likeness (QED) is 0.180. The molecule has 0 aliphatic carbocycles. The predicted octanol–water partition coefficient (Wildman–Crippen LogP) is 7.50. The Balaban J connectivity index is 0.979. The summed E-state index contributed by atoms with van der Waals surface area (Å²) in [5.74, 6) is 0.516. The number of halogens is 2. The Labute approximate surface area is 256 Å². The van der Waals surface area contributed by atoms with Gasteiger partial charge in [-0.15, -0.1) is 0 Å². The normalized spacial score (nSPS) is 14.6. The van der Waals surface area contributed by atoms with Crippen LogP contribution in [0, 0.1) is 11.6 Å². The summed E-state index contributed by atoms with van der Waals surface area (Å²) in [7, 11) is 0. The molecule has 0 spiro atoms. The summed E-state index contributed by atoms with van der Waals surface area (Å²) in [5, 5.41) is 3.77. The van der Waals surface area contributed by atoms with Gasteiger partial charge < -0.3 is 19.2 Å². The van der Waals surface area contributed by atoms with Crippen LogP contribution in [0.5, 0.6) is 0 Å². The Hall–Kier alpha value is -4.56. The number of anilines is 1. The minimum Gasteiger partial charge on any atom is -0.353 e. The molecule has 1 saturated heterocycles. The molecule has 0 saturated carbocycles. The highest BCUT2D eigenvalue weighted by Crippen LogP contribution is 2.30. The van der Waals surface area contributed by atoms with Crippen LogP contribution in [0.2, 0.25) is 0 Å². The molecular formula is C36H36F2N6. The van der Waals surface area contributed by atoms with E-state index >= 15 is 0 Å². The Kier molecular flexibility index (Phi) is 8.07. The van der Waals surface area contributed by atoms with Crippen molar-refractivity contribution in [1.82, 2.24) is 23.8 Å². The lowest BCUT2D eigenvalue weighted by Gasteiger charge is -2.33. The monoisotopic (exact) mass is 590 g/mol. The van der Waals surface area contributed by atoms with Crippen molar-refractivity contribution in [3.05, 3.63) is 132 Å². The van der Waals surface area contributed by atoms with E-state index in [1.165, 1.54) is 24.3 Å². The molecular weight excluding hydrogens is 554 g/mol. The summed E-state index contributed by atoms with van der Waals surface area (Å²) in [6.45, 7) is 3.68. The second kappa shape index (κ2) is 12.6. The van der Waals surface area contributed by atoms with Crippen LogP contribution in [-0.2, 0) is 6.54 Å². The van der Waals surface area contributed by atoms with E-state index in [0.29, 0.717) is 12.6 Å². The van der Waals surface area contributed by atoms with Gasteiger partial charge in [0.1, 0.15) is 17.3 Å². The Morgan fingerprint density at radius 3 is 2.18 bits per heavy atom. The van der Waals surface area contributed by atoms with Gasteiger partial charge in [0.15, 0.2) is 0 Å². The average Bonchev–Trinajstić information content (AvgIpc) is 3.62. The third kappa shape index (κ3) is 6.21. The van der Waals surface area contributed by atoms with Crippen molar-refractivity contribution >= 4 is 22.6 Å². The molecule has 6 nitrogen and oxygen atoms in total. The van der Waals surface area contributed by atoms with E-state index in [-0.39, 0.29) is 17.6 Å². The van der Waals surface area contributed by atoms with Gasteiger partial charge in [-0.1, -0.05) is 42.5 Å².